The maximum Gasteiger partial charge on any atom is 0.341 e. The topological polar surface area (TPSA) is 81.4 Å². The minimum Gasteiger partial charge on any atom is -0.462 e. The lowest BCUT2D eigenvalue weighted by molar-refractivity contribution is -0.117. The summed E-state index contributed by atoms with van der Waals surface area (Å²) in [6.07, 6.45) is 1.35. The monoisotopic (exact) mass is 284 g/mol. The van der Waals surface area contributed by atoms with Crippen LogP contribution in [-0.2, 0) is 16.0 Å². The van der Waals surface area contributed by atoms with E-state index in [-0.39, 0.29) is 5.91 Å². The Kier molecular flexibility index (Phi) is 5.98. The summed E-state index contributed by atoms with van der Waals surface area (Å²) in [6.45, 7) is 5.88. The Hall–Kier alpha value is -1.40. The molecule has 1 rings (SSSR count). The van der Waals surface area contributed by atoms with E-state index in [0.29, 0.717) is 23.6 Å². The van der Waals surface area contributed by atoms with Crippen LogP contribution < -0.4 is 11.1 Å². The van der Waals surface area contributed by atoms with Gasteiger partial charge in [0.1, 0.15) is 5.00 Å². The molecule has 0 fully saturated rings. The fourth-order valence-corrected chi connectivity index (χ4v) is 2.45. The Balaban J connectivity index is 2.95. The molecule has 0 spiro atoms. The predicted molar refractivity (Wildman–Crippen MR) is 76.5 cm³/mol. The number of aryl methyl sites for hydroxylation is 1. The molecule has 0 bridgehead atoms. The van der Waals surface area contributed by atoms with E-state index in [0.717, 1.165) is 11.3 Å². The zero-order valence-corrected chi connectivity index (χ0v) is 12.3. The lowest BCUT2D eigenvalue weighted by atomic mass is 10.2. The smallest absolute Gasteiger partial charge is 0.341 e. The van der Waals surface area contributed by atoms with Crippen LogP contribution in [0.15, 0.2) is 6.07 Å². The quantitative estimate of drug-likeness (QED) is 0.784. The molecule has 0 aliphatic heterocycles. The summed E-state index contributed by atoms with van der Waals surface area (Å²) >= 11 is 1.38. The van der Waals surface area contributed by atoms with E-state index in [2.05, 4.69) is 5.32 Å². The summed E-state index contributed by atoms with van der Waals surface area (Å²) in [5, 5.41) is 3.23. The van der Waals surface area contributed by atoms with Crippen molar-refractivity contribution in [2.45, 2.75) is 39.7 Å². The van der Waals surface area contributed by atoms with Crippen molar-refractivity contribution in [1.82, 2.24) is 0 Å². The second kappa shape index (κ2) is 7.25. The van der Waals surface area contributed by atoms with Gasteiger partial charge in [-0.3, -0.25) is 4.79 Å². The number of nitrogens with one attached hydrogen (secondary N) is 1. The Morgan fingerprint density at radius 1 is 1.42 bits per heavy atom. The van der Waals surface area contributed by atoms with Crippen molar-refractivity contribution in [3.8, 4) is 0 Å². The first kappa shape index (κ1) is 15.7. The molecule has 3 N–H and O–H groups in total. The van der Waals surface area contributed by atoms with Gasteiger partial charge in [0, 0.05) is 4.88 Å². The number of nitrogens with two attached hydrogens (primary N) is 1. The molecule has 1 aromatic rings. The summed E-state index contributed by atoms with van der Waals surface area (Å²) in [5.41, 5.74) is 6.07. The highest BCUT2D eigenvalue weighted by molar-refractivity contribution is 7.16. The van der Waals surface area contributed by atoms with Crippen molar-refractivity contribution in [2.24, 2.45) is 5.73 Å². The van der Waals surface area contributed by atoms with E-state index in [4.69, 9.17) is 10.5 Å². The van der Waals surface area contributed by atoms with Crippen molar-refractivity contribution < 1.29 is 14.3 Å². The van der Waals surface area contributed by atoms with E-state index >= 15 is 0 Å². The number of thiophene rings is 1. The number of ether oxygens (including phenoxy) is 1. The molecule has 1 heterocycles. The molecule has 1 atom stereocenters. The molecule has 19 heavy (non-hydrogen) atoms. The van der Waals surface area contributed by atoms with Gasteiger partial charge in [-0.2, -0.15) is 0 Å². The van der Waals surface area contributed by atoms with Crippen LogP contribution in [-0.4, -0.2) is 24.5 Å². The van der Waals surface area contributed by atoms with Gasteiger partial charge in [0.15, 0.2) is 0 Å². The van der Waals surface area contributed by atoms with E-state index in [1.165, 1.54) is 11.3 Å². The van der Waals surface area contributed by atoms with Gasteiger partial charge < -0.3 is 15.8 Å². The van der Waals surface area contributed by atoms with Crippen LogP contribution in [0.5, 0.6) is 0 Å². The van der Waals surface area contributed by atoms with Gasteiger partial charge in [-0.1, -0.05) is 13.8 Å². The number of esters is 1. The highest BCUT2D eigenvalue weighted by Gasteiger charge is 2.20. The molecule has 1 aromatic heterocycles. The average Bonchev–Trinajstić information content (AvgIpc) is 2.81. The fourth-order valence-electron chi connectivity index (χ4n) is 1.46. The zero-order chi connectivity index (χ0) is 14.4. The summed E-state index contributed by atoms with van der Waals surface area (Å²) < 4.78 is 4.98. The molecular weight excluding hydrogens is 264 g/mol. The minimum absolute atomic E-state index is 0.280. The average molecular weight is 284 g/mol. The fraction of sp³-hybridized carbons (Fsp3) is 0.538. The lowest BCUT2D eigenvalue weighted by Crippen LogP contribution is -2.34. The van der Waals surface area contributed by atoms with E-state index in [1.54, 1.807) is 13.0 Å². The first-order chi connectivity index (χ1) is 9.03. The van der Waals surface area contributed by atoms with Crippen molar-refractivity contribution in [1.29, 1.82) is 0 Å². The van der Waals surface area contributed by atoms with E-state index < -0.39 is 12.0 Å². The van der Waals surface area contributed by atoms with Gasteiger partial charge >= 0.3 is 5.97 Å². The van der Waals surface area contributed by atoms with Gasteiger partial charge in [0.2, 0.25) is 5.91 Å². The van der Waals surface area contributed by atoms with Crippen LogP contribution in [0.3, 0.4) is 0 Å². The number of amides is 1. The predicted octanol–water partition coefficient (Wildman–Crippen LogP) is 2.16. The third-order valence-electron chi connectivity index (χ3n) is 2.64. The first-order valence-corrected chi connectivity index (χ1v) is 7.21. The van der Waals surface area contributed by atoms with Crippen LogP contribution in [0.25, 0.3) is 0 Å². The van der Waals surface area contributed by atoms with Crippen molar-refractivity contribution in [2.75, 3.05) is 11.9 Å². The van der Waals surface area contributed by atoms with Gasteiger partial charge in [-0.05, 0) is 25.8 Å². The molecule has 5 nitrogen and oxygen atoms in total. The van der Waals surface area contributed by atoms with Crippen molar-refractivity contribution >= 4 is 28.2 Å². The van der Waals surface area contributed by atoms with Crippen molar-refractivity contribution in [3.05, 3.63) is 16.5 Å². The van der Waals surface area contributed by atoms with Gasteiger partial charge in [-0.15, -0.1) is 11.3 Å². The lowest BCUT2D eigenvalue weighted by Gasteiger charge is -2.09. The molecule has 6 heteroatoms. The second-order valence-corrected chi connectivity index (χ2v) is 5.17. The van der Waals surface area contributed by atoms with Crippen molar-refractivity contribution in [3.63, 3.8) is 0 Å². The molecular formula is C13H20N2O3S. The maximum absolute atomic E-state index is 11.8. The number of hydrogen-bond acceptors (Lipinski definition) is 5. The number of anilines is 1. The Morgan fingerprint density at radius 2 is 2.11 bits per heavy atom. The maximum atomic E-state index is 11.8. The normalized spacial score (nSPS) is 12.0. The number of carbonyl (C=O) groups excluding carboxylic acids is 2. The van der Waals surface area contributed by atoms with Crippen LogP contribution in [0.1, 0.15) is 42.4 Å². The third-order valence-corrected chi connectivity index (χ3v) is 3.84. The molecule has 106 valence electrons. The largest absolute Gasteiger partial charge is 0.462 e. The summed E-state index contributed by atoms with van der Waals surface area (Å²) in [7, 11) is 0. The Bertz CT molecular complexity index is 457. The molecule has 0 saturated heterocycles. The molecule has 0 saturated carbocycles. The second-order valence-electron chi connectivity index (χ2n) is 4.03. The van der Waals surface area contributed by atoms with Crippen LogP contribution >= 0.6 is 11.3 Å². The van der Waals surface area contributed by atoms with Gasteiger partial charge in [-0.25, -0.2) is 4.79 Å². The molecule has 1 amide bonds. The molecule has 1 unspecified atom stereocenters. The van der Waals surface area contributed by atoms with Crippen LogP contribution in [0.2, 0.25) is 0 Å². The highest BCUT2D eigenvalue weighted by atomic mass is 32.1. The standard InChI is InChI=1S/C13H20N2O3S/c1-4-8-7-9(13(17)18-6-3)12(19-8)15-11(16)10(14)5-2/h7,10H,4-6,14H2,1-3H3,(H,15,16). The molecule has 0 aliphatic rings. The van der Waals surface area contributed by atoms with Crippen LogP contribution in [0, 0.1) is 0 Å². The number of carbonyl (C=O) groups is 2. The summed E-state index contributed by atoms with van der Waals surface area (Å²) in [5.74, 6) is -0.698. The molecule has 0 aromatic carbocycles. The molecule has 0 aliphatic carbocycles. The van der Waals surface area contributed by atoms with E-state index in [1.807, 2.05) is 13.8 Å². The number of rotatable bonds is 6. The van der Waals surface area contributed by atoms with E-state index in [9.17, 15) is 9.59 Å². The van der Waals surface area contributed by atoms with Crippen LogP contribution in [0.4, 0.5) is 5.00 Å². The number of hydrogen-bond donors (Lipinski definition) is 2. The zero-order valence-electron chi connectivity index (χ0n) is 11.5. The van der Waals surface area contributed by atoms with Gasteiger partial charge in [0.25, 0.3) is 0 Å². The highest BCUT2D eigenvalue weighted by Crippen LogP contribution is 2.29. The minimum atomic E-state index is -0.567. The third kappa shape index (κ3) is 4.04. The summed E-state index contributed by atoms with van der Waals surface area (Å²) in [6, 6.07) is 1.19. The SMILES string of the molecule is CCOC(=O)c1cc(CC)sc1NC(=O)C(N)CC. The first-order valence-electron chi connectivity index (χ1n) is 6.39. The Morgan fingerprint density at radius 3 is 2.63 bits per heavy atom. The van der Waals surface area contributed by atoms with Gasteiger partial charge in [0.05, 0.1) is 18.2 Å². The Labute approximate surface area is 117 Å². The molecule has 0 radical (unpaired) electrons. The summed E-state index contributed by atoms with van der Waals surface area (Å²) in [4.78, 5) is 24.6.